The van der Waals surface area contributed by atoms with E-state index in [0.29, 0.717) is 11.4 Å². The lowest BCUT2D eigenvalue weighted by atomic mass is 10.0. The Hall–Kier alpha value is -2.24. The van der Waals surface area contributed by atoms with Gasteiger partial charge in [-0.2, -0.15) is 0 Å². The van der Waals surface area contributed by atoms with Gasteiger partial charge in [0.1, 0.15) is 5.75 Å². The number of anilines is 1. The molecule has 0 saturated heterocycles. The maximum absolute atomic E-state index is 11.9. The van der Waals surface area contributed by atoms with Crippen LogP contribution in [0.2, 0.25) is 0 Å². The van der Waals surface area contributed by atoms with Gasteiger partial charge in [-0.1, -0.05) is 6.92 Å². The number of esters is 1. The minimum absolute atomic E-state index is 0.281. The van der Waals surface area contributed by atoms with Gasteiger partial charge in [-0.15, -0.1) is 0 Å². The summed E-state index contributed by atoms with van der Waals surface area (Å²) in [7, 11) is 1.46. The number of ether oxygens (including phenoxy) is 2. The van der Waals surface area contributed by atoms with Crippen molar-refractivity contribution in [2.75, 3.05) is 19.5 Å². The number of benzene rings is 1. The van der Waals surface area contributed by atoms with E-state index in [0.717, 1.165) is 6.42 Å². The minimum atomic E-state index is -0.599. The number of methoxy groups -OCH3 is 1. The third-order valence-corrected chi connectivity index (χ3v) is 3.17. The maximum Gasteiger partial charge on any atom is 0.338 e. The quantitative estimate of drug-likeness (QED) is 0.616. The van der Waals surface area contributed by atoms with Gasteiger partial charge >= 0.3 is 5.97 Å². The first kappa shape index (κ1) is 16.8. The molecule has 0 spiro atoms. The van der Waals surface area contributed by atoms with E-state index in [1.807, 2.05) is 20.8 Å². The van der Waals surface area contributed by atoms with Crippen LogP contribution in [0.4, 0.5) is 5.69 Å². The molecule has 0 heterocycles. The molecule has 0 saturated carbocycles. The molecule has 6 heteroatoms. The molecule has 0 bridgehead atoms. The molecule has 1 rings (SSSR count). The van der Waals surface area contributed by atoms with Crippen molar-refractivity contribution in [2.45, 2.75) is 32.7 Å². The highest BCUT2D eigenvalue weighted by Crippen LogP contribution is 2.22. The average Bonchev–Trinajstić information content (AvgIpc) is 2.44. The Morgan fingerprint density at radius 3 is 2.57 bits per heavy atom. The van der Waals surface area contributed by atoms with Gasteiger partial charge in [0.2, 0.25) is 0 Å². The zero-order valence-corrected chi connectivity index (χ0v) is 12.9. The third kappa shape index (κ3) is 4.98. The van der Waals surface area contributed by atoms with Gasteiger partial charge in [-0.25, -0.2) is 4.79 Å². The number of carbonyl (C=O) groups is 2. The van der Waals surface area contributed by atoms with Gasteiger partial charge in [0.15, 0.2) is 6.61 Å². The number of rotatable bonds is 6. The first-order valence-corrected chi connectivity index (χ1v) is 6.70. The van der Waals surface area contributed by atoms with Crippen molar-refractivity contribution < 1.29 is 19.1 Å². The molecular weight excluding hydrogens is 272 g/mol. The summed E-state index contributed by atoms with van der Waals surface area (Å²) in [4.78, 5) is 23.6. The number of carbonyl (C=O) groups excluding carboxylic acids is 2. The van der Waals surface area contributed by atoms with Crippen LogP contribution in [0.3, 0.4) is 0 Å². The van der Waals surface area contributed by atoms with E-state index in [-0.39, 0.29) is 23.6 Å². The van der Waals surface area contributed by atoms with Crippen molar-refractivity contribution in [3.05, 3.63) is 23.8 Å². The monoisotopic (exact) mass is 294 g/mol. The Morgan fingerprint density at radius 2 is 2.00 bits per heavy atom. The van der Waals surface area contributed by atoms with Gasteiger partial charge in [-0.3, -0.25) is 4.79 Å². The first-order valence-electron chi connectivity index (χ1n) is 6.70. The Bertz CT molecular complexity index is 526. The predicted molar refractivity (Wildman–Crippen MR) is 80.2 cm³/mol. The standard InChI is InChI=1S/C15H22N2O4/c1-5-15(2,3)17-13(18)9-21-14(19)10-6-7-11(16)12(8-10)20-4/h6-8H,5,9,16H2,1-4H3,(H,17,18). The van der Waals surface area contributed by atoms with E-state index in [1.54, 1.807) is 6.07 Å². The SMILES string of the molecule is CCC(C)(C)NC(=O)COC(=O)c1ccc(N)c(OC)c1. The van der Waals surface area contributed by atoms with E-state index < -0.39 is 5.97 Å². The second-order valence-corrected chi connectivity index (χ2v) is 5.32. The third-order valence-electron chi connectivity index (χ3n) is 3.17. The molecule has 1 amide bonds. The summed E-state index contributed by atoms with van der Waals surface area (Å²) in [5.74, 6) is -0.545. The smallest absolute Gasteiger partial charge is 0.338 e. The lowest BCUT2D eigenvalue weighted by Gasteiger charge is -2.24. The van der Waals surface area contributed by atoms with Crippen LogP contribution in [0.5, 0.6) is 5.75 Å². The molecule has 6 nitrogen and oxygen atoms in total. The van der Waals surface area contributed by atoms with Gasteiger partial charge in [0, 0.05) is 5.54 Å². The molecule has 3 N–H and O–H groups in total. The van der Waals surface area contributed by atoms with Gasteiger partial charge in [0.25, 0.3) is 5.91 Å². The topological polar surface area (TPSA) is 90.7 Å². The van der Waals surface area contributed by atoms with E-state index in [9.17, 15) is 9.59 Å². The van der Waals surface area contributed by atoms with Crippen LogP contribution in [0.15, 0.2) is 18.2 Å². The molecule has 21 heavy (non-hydrogen) atoms. The molecule has 116 valence electrons. The van der Waals surface area contributed by atoms with E-state index in [1.165, 1.54) is 19.2 Å². The summed E-state index contributed by atoms with van der Waals surface area (Å²) in [6.45, 7) is 5.44. The summed E-state index contributed by atoms with van der Waals surface area (Å²) < 4.78 is 10.0. The highest BCUT2D eigenvalue weighted by Gasteiger charge is 2.19. The van der Waals surface area contributed by atoms with E-state index in [4.69, 9.17) is 15.2 Å². The fourth-order valence-corrected chi connectivity index (χ4v) is 1.55. The van der Waals surface area contributed by atoms with Crippen LogP contribution >= 0.6 is 0 Å². The second kappa shape index (κ2) is 6.97. The Labute approximate surface area is 124 Å². The van der Waals surface area contributed by atoms with Crippen molar-refractivity contribution >= 4 is 17.6 Å². The highest BCUT2D eigenvalue weighted by atomic mass is 16.5. The minimum Gasteiger partial charge on any atom is -0.495 e. The Morgan fingerprint density at radius 1 is 1.33 bits per heavy atom. The summed E-state index contributed by atoms with van der Waals surface area (Å²) in [5, 5.41) is 2.78. The van der Waals surface area contributed by atoms with Crippen molar-refractivity contribution in [2.24, 2.45) is 0 Å². The molecule has 0 fully saturated rings. The van der Waals surface area contributed by atoms with Crippen molar-refractivity contribution in [1.29, 1.82) is 0 Å². The maximum atomic E-state index is 11.9. The van der Waals surface area contributed by atoms with Crippen LogP contribution < -0.4 is 15.8 Å². The summed E-state index contributed by atoms with van der Waals surface area (Å²) in [6.07, 6.45) is 0.780. The van der Waals surface area contributed by atoms with Crippen LogP contribution in [-0.4, -0.2) is 31.1 Å². The van der Waals surface area contributed by atoms with Crippen molar-refractivity contribution in [3.63, 3.8) is 0 Å². The summed E-state index contributed by atoms with van der Waals surface area (Å²) >= 11 is 0. The van der Waals surface area contributed by atoms with E-state index in [2.05, 4.69) is 5.32 Å². The van der Waals surface area contributed by atoms with Crippen molar-refractivity contribution in [1.82, 2.24) is 5.32 Å². The van der Waals surface area contributed by atoms with Crippen LogP contribution in [0.1, 0.15) is 37.6 Å². The number of nitrogens with one attached hydrogen (secondary N) is 1. The van der Waals surface area contributed by atoms with Crippen LogP contribution in [-0.2, 0) is 9.53 Å². The normalized spacial score (nSPS) is 10.9. The number of hydrogen-bond acceptors (Lipinski definition) is 5. The first-order chi connectivity index (χ1) is 9.79. The van der Waals surface area contributed by atoms with Crippen LogP contribution in [0, 0.1) is 0 Å². The summed E-state index contributed by atoms with van der Waals surface area (Å²) in [6, 6.07) is 4.55. The number of nitrogen functional groups attached to an aromatic ring is 1. The molecule has 0 aromatic heterocycles. The summed E-state index contributed by atoms with van der Waals surface area (Å²) in [5.41, 5.74) is 6.05. The molecule has 0 aliphatic carbocycles. The zero-order valence-electron chi connectivity index (χ0n) is 12.9. The number of hydrogen-bond donors (Lipinski definition) is 2. The molecule has 1 aromatic rings. The molecule has 0 unspecified atom stereocenters. The molecule has 0 radical (unpaired) electrons. The van der Waals surface area contributed by atoms with Gasteiger partial charge in [0.05, 0.1) is 18.4 Å². The largest absolute Gasteiger partial charge is 0.495 e. The molecule has 0 aliphatic rings. The lowest BCUT2D eigenvalue weighted by Crippen LogP contribution is -2.44. The van der Waals surface area contributed by atoms with E-state index >= 15 is 0 Å². The molecule has 0 atom stereocenters. The lowest BCUT2D eigenvalue weighted by molar-refractivity contribution is -0.125. The van der Waals surface area contributed by atoms with Gasteiger partial charge < -0.3 is 20.5 Å². The molecule has 0 aliphatic heterocycles. The predicted octanol–water partition coefficient (Wildman–Crippen LogP) is 1.74. The molecule has 1 aromatic carbocycles. The van der Waals surface area contributed by atoms with Crippen LogP contribution in [0.25, 0.3) is 0 Å². The Kier molecular flexibility index (Phi) is 5.58. The fraction of sp³-hybridized carbons (Fsp3) is 0.467. The molecular formula is C15H22N2O4. The fourth-order valence-electron chi connectivity index (χ4n) is 1.55. The average molecular weight is 294 g/mol. The highest BCUT2D eigenvalue weighted by molar-refractivity contribution is 5.92. The number of nitrogens with two attached hydrogens (primary N) is 1. The second-order valence-electron chi connectivity index (χ2n) is 5.32. The zero-order chi connectivity index (χ0) is 16.0. The van der Waals surface area contributed by atoms with Gasteiger partial charge in [-0.05, 0) is 38.5 Å². The van der Waals surface area contributed by atoms with Crippen molar-refractivity contribution in [3.8, 4) is 5.75 Å². The number of amides is 1. The Balaban J connectivity index is 2.60.